The summed E-state index contributed by atoms with van der Waals surface area (Å²) < 4.78 is 12.0. The van der Waals surface area contributed by atoms with E-state index in [9.17, 15) is 9.59 Å². The maximum Gasteiger partial charge on any atom is 0.265 e. The van der Waals surface area contributed by atoms with Crippen LogP contribution in [-0.2, 0) is 11.3 Å². The maximum absolute atomic E-state index is 12.7. The highest BCUT2D eigenvalue weighted by molar-refractivity contribution is 6.06. The fraction of sp³-hybridized carbons (Fsp3) is 0.562. The molecule has 132 valence electrons. The van der Waals surface area contributed by atoms with Crippen LogP contribution in [0.3, 0.4) is 0 Å². The Morgan fingerprint density at radius 2 is 2.21 bits per heavy atom. The molecular formula is C16H24N4O4. The predicted molar refractivity (Wildman–Crippen MR) is 90.4 cm³/mol. The maximum atomic E-state index is 12.7. The van der Waals surface area contributed by atoms with Crippen molar-refractivity contribution in [1.29, 1.82) is 0 Å². The third kappa shape index (κ3) is 4.01. The van der Waals surface area contributed by atoms with Crippen molar-refractivity contribution in [3.05, 3.63) is 28.0 Å². The first-order valence-corrected chi connectivity index (χ1v) is 7.86. The van der Waals surface area contributed by atoms with Crippen molar-refractivity contribution in [2.24, 2.45) is 0 Å². The van der Waals surface area contributed by atoms with Crippen molar-refractivity contribution in [1.82, 2.24) is 19.8 Å². The number of ether oxygens (including phenoxy) is 1. The topological polar surface area (TPSA) is 89.6 Å². The van der Waals surface area contributed by atoms with E-state index < -0.39 is 0 Å². The summed E-state index contributed by atoms with van der Waals surface area (Å²) in [6, 6.07) is 0. The molecule has 0 aliphatic heterocycles. The van der Waals surface area contributed by atoms with E-state index in [0.29, 0.717) is 38.4 Å². The number of likely N-dealkylation sites (N-methyl/N-ethyl adjacent to an activating group) is 1. The normalized spacial score (nSPS) is 11.4. The Balaban J connectivity index is 2.31. The van der Waals surface area contributed by atoms with Crippen molar-refractivity contribution in [3.8, 4) is 0 Å². The van der Waals surface area contributed by atoms with Crippen molar-refractivity contribution >= 4 is 17.0 Å². The third-order valence-electron chi connectivity index (χ3n) is 3.67. The number of nitrogens with one attached hydrogen (secondary N) is 1. The Labute approximate surface area is 140 Å². The SMILES string of the molecule is COCCCn1cnc2oc(C)c(C(=O)NCCN(C)C)c2c1=O. The summed E-state index contributed by atoms with van der Waals surface area (Å²) in [6.07, 6.45) is 2.13. The van der Waals surface area contributed by atoms with Gasteiger partial charge in [-0.2, -0.15) is 0 Å². The Kier molecular flexibility index (Phi) is 6.10. The molecule has 24 heavy (non-hydrogen) atoms. The van der Waals surface area contributed by atoms with Crippen LogP contribution in [0.4, 0.5) is 0 Å². The average Bonchev–Trinajstić information content (AvgIpc) is 2.86. The summed E-state index contributed by atoms with van der Waals surface area (Å²) >= 11 is 0. The fourth-order valence-corrected chi connectivity index (χ4v) is 2.43. The lowest BCUT2D eigenvalue weighted by Gasteiger charge is -2.10. The first-order chi connectivity index (χ1) is 11.5. The van der Waals surface area contributed by atoms with Gasteiger partial charge in [0.1, 0.15) is 17.5 Å². The van der Waals surface area contributed by atoms with Gasteiger partial charge in [0.25, 0.3) is 11.5 Å². The van der Waals surface area contributed by atoms with Crippen molar-refractivity contribution in [2.75, 3.05) is 40.9 Å². The van der Waals surface area contributed by atoms with E-state index in [1.54, 1.807) is 14.0 Å². The van der Waals surface area contributed by atoms with Crippen LogP contribution in [0.25, 0.3) is 11.1 Å². The highest BCUT2D eigenvalue weighted by Crippen LogP contribution is 2.20. The highest BCUT2D eigenvalue weighted by Gasteiger charge is 2.22. The van der Waals surface area contributed by atoms with Gasteiger partial charge in [0, 0.05) is 33.4 Å². The molecule has 0 bridgehead atoms. The lowest BCUT2D eigenvalue weighted by atomic mass is 10.1. The van der Waals surface area contributed by atoms with Gasteiger partial charge in [-0.15, -0.1) is 0 Å². The Morgan fingerprint density at radius 3 is 2.88 bits per heavy atom. The van der Waals surface area contributed by atoms with Crippen molar-refractivity contribution in [2.45, 2.75) is 19.9 Å². The van der Waals surface area contributed by atoms with Gasteiger partial charge in [0.05, 0.1) is 5.56 Å². The second-order valence-electron chi connectivity index (χ2n) is 5.86. The number of hydrogen-bond acceptors (Lipinski definition) is 6. The van der Waals surface area contributed by atoms with Gasteiger partial charge in [-0.25, -0.2) is 4.98 Å². The number of methoxy groups -OCH3 is 1. The molecule has 0 aromatic carbocycles. The number of carbonyl (C=O) groups is 1. The minimum Gasteiger partial charge on any atom is -0.442 e. The molecule has 0 aliphatic carbocycles. The van der Waals surface area contributed by atoms with E-state index in [4.69, 9.17) is 9.15 Å². The van der Waals surface area contributed by atoms with Gasteiger partial charge in [-0.3, -0.25) is 14.2 Å². The molecule has 0 saturated heterocycles. The van der Waals surface area contributed by atoms with E-state index in [-0.39, 0.29) is 28.1 Å². The van der Waals surface area contributed by atoms with Crippen LogP contribution in [0.5, 0.6) is 0 Å². The number of aryl methyl sites for hydroxylation is 2. The average molecular weight is 336 g/mol. The van der Waals surface area contributed by atoms with Crippen LogP contribution >= 0.6 is 0 Å². The smallest absolute Gasteiger partial charge is 0.265 e. The van der Waals surface area contributed by atoms with Gasteiger partial charge in [0.2, 0.25) is 5.71 Å². The molecule has 0 unspecified atom stereocenters. The van der Waals surface area contributed by atoms with E-state index in [0.717, 1.165) is 0 Å². The first-order valence-electron chi connectivity index (χ1n) is 7.86. The molecule has 1 amide bonds. The summed E-state index contributed by atoms with van der Waals surface area (Å²) in [5.74, 6) is 0.0771. The Morgan fingerprint density at radius 1 is 1.46 bits per heavy atom. The number of fused-ring (bicyclic) bond motifs is 1. The lowest BCUT2D eigenvalue weighted by molar-refractivity contribution is 0.0951. The van der Waals surface area contributed by atoms with Gasteiger partial charge in [-0.1, -0.05) is 0 Å². The van der Waals surface area contributed by atoms with Gasteiger partial charge in [-0.05, 0) is 27.4 Å². The zero-order chi connectivity index (χ0) is 17.7. The van der Waals surface area contributed by atoms with Crippen LogP contribution in [0.15, 0.2) is 15.5 Å². The summed E-state index contributed by atoms with van der Waals surface area (Å²) in [6.45, 7) is 3.88. The molecule has 0 atom stereocenters. The minimum absolute atomic E-state index is 0.193. The fourth-order valence-electron chi connectivity index (χ4n) is 2.43. The molecule has 0 radical (unpaired) electrons. The second-order valence-corrected chi connectivity index (χ2v) is 5.86. The van der Waals surface area contributed by atoms with Gasteiger partial charge in [0.15, 0.2) is 0 Å². The molecule has 0 aliphatic rings. The molecular weight excluding hydrogens is 312 g/mol. The van der Waals surface area contributed by atoms with Crippen LogP contribution in [0, 0.1) is 6.92 Å². The van der Waals surface area contributed by atoms with Crippen LogP contribution in [-0.4, -0.2) is 61.3 Å². The van der Waals surface area contributed by atoms with E-state index in [1.807, 2.05) is 19.0 Å². The number of nitrogens with zero attached hydrogens (tertiary/aromatic N) is 3. The molecule has 2 rings (SSSR count). The third-order valence-corrected chi connectivity index (χ3v) is 3.67. The Bertz CT molecular complexity index is 763. The zero-order valence-electron chi connectivity index (χ0n) is 14.6. The molecule has 8 nitrogen and oxygen atoms in total. The summed E-state index contributed by atoms with van der Waals surface area (Å²) in [4.78, 5) is 31.3. The first kappa shape index (κ1) is 18.2. The largest absolute Gasteiger partial charge is 0.442 e. The Hall–Kier alpha value is -2.19. The van der Waals surface area contributed by atoms with Crippen molar-refractivity contribution in [3.63, 3.8) is 0 Å². The monoisotopic (exact) mass is 336 g/mol. The van der Waals surface area contributed by atoms with Crippen LogP contribution in [0.1, 0.15) is 22.5 Å². The number of amides is 1. The second kappa shape index (κ2) is 8.07. The van der Waals surface area contributed by atoms with Gasteiger partial charge >= 0.3 is 0 Å². The standard InChI is InChI=1S/C16H24N4O4/c1-11-12(14(21)17-6-8-19(2)3)13-15(24-11)18-10-20(16(13)22)7-5-9-23-4/h10H,5-9H2,1-4H3,(H,17,21). The molecule has 0 spiro atoms. The number of rotatable bonds is 8. The minimum atomic E-state index is -0.318. The van der Waals surface area contributed by atoms with Crippen LogP contribution < -0.4 is 10.9 Å². The number of carbonyl (C=O) groups excluding carboxylic acids is 1. The molecule has 0 fully saturated rings. The molecule has 0 saturated carbocycles. The van der Waals surface area contributed by atoms with Crippen molar-refractivity contribution < 1.29 is 13.9 Å². The summed E-state index contributed by atoms with van der Waals surface area (Å²) in [5, 5.41) is 3.04. The number of furan rings is 1. The quantitative estimate of drug-likeness (QED) is 0.711. The van der Waals surface area contributed by atoms with Crippen LogP contribution in [0.2, 0.25) is 0 Å². The molecule has 1 N–H and O–H groups in total. The number of hydrogen-bond donors (Lipinski definition) is 1. The van der Waals surface area contributed by atoms with Gasteiger partial charge < -0.3 is 19.4 Å². The molecule has 8 heteroatoms. The molecule has 2 aromatic rings. The zero-order valence-corrected chi connectivity index (χ0v) is 14.6. The lowest BCUT2D eigenvalue weighted by Crippen LogP contribution is -2.32. The van der Waals surface area contributed by atoms with E-state index in [1.165, 1.54) is 10.9 Å². The summed E-state index contributed by atoms with van der Waals surface area (Å²) in [5.41, 5.74) is 0.186. The number of aromatic nitrogens is 2. The molecule has 2 heterocycles. The molecule has 2 aromatic heterocycles. The highest BCUT2D eigenvalue weighted by atomic mass is 16.5. The predicted octanol–water partition coefficient (Wildman–Crippen LogP) is 0.626. The van der Waals surface area contributed by atoms with E-state index in [2.05, 4.69) is 10.3 Å². The van der Waals surface area contributed by atoms with E-state index >= 15 is 0 Å². The summed E-state index contributed by atoms with van der Waals surface area (Å²) in [7, 11) is 5.46.